The van der Waals surface area contributed by atoms with Gasteiger partial charge < -0.3 is 26.1 Å². The minimum absolute atomic E-state index is 0.0945. The summed E-state index contributed by atoms with van der Waals surface area (Å²) in [7, 11) is 1.80. The van der Waals surface area contributed by atoms with Gasteiger partial charge in [0.05, 0.1) is 11.3 Å². The minimum Gasteiger partial charge on any atom is -0.457 e. The number of aromatic nitrogens is 1. The van der Waals surface area contributed by atoms with Crippen molar-refractivity contribution in [3.8, 4) is 22.8 Å². The number of anilines is 1. The lowest BCUT2D eigenvalue weighted by Gasteiger charge is -2.27. The van der Waals surface area contributed by atoms with E-state index in [2.05, 4.69) is 20.9 Å². The van der Waals surface area contributed by atoms with Crippen molar-refractivity contribution < 1.29 is 13.9 Å². The van der Waals surface area contributed by atoms with Crippen LogP contribution < -0.4 is 20.7 Å². The maximum Gasteiger partial charge on any atom is 0.254 e. The van der Waals surface area contributed by atoms with Crippen LogP contribution in [0.3, 0.4) is 0 Å². The van der Waals surface area contributed by atoms with Crippen molar-refractivity contribution in [3.63, 3.8) is 0 Å². The zero-order valence-corrected chi connectivity index (χ0v) is 20.2. The van der Waals surface area contributed by atoms with E-state index in [1.54, 1.807) is 38.4 Å². The molecular formula is C27H30FN5O2. The molecule has 1 aliphatic rings. The minimum atomic E-state index is -0.562. The molecule has 3 aromatic rings. The van der Waals surface area contributed by atoms with Crippen LogP contribution in [-0.2, 0) is 6.42 Å². The van der Waals surface area contributed by atoms with Crippen LogP contribution in [0.1, 0.15) is 35.3 Å². The van der Waals surface area contributed by atoms with E-state index in [1.165, 1.54) is 6.07 Å². The molecule has 0 atom stereocenters. The van der Waals surface area contributed by atoms with Gasteiger partial charge in [-0.3, -0.25) is 9.78 Å². The smallest absolute Gasteiger partial charge is 0.254 e. The van der Waals surface area contributed by atoms with E-state index in [1.807, 2.05) is 25.1 Å². The molecule has 1 aliphatic heterocycles. The van der Waals surface area contributed by atoms with Gasteiger partial charge in [-0.15, -0.1) is 0 Å². The molecule has 1 fully saturated rings. The number of hydrogen-bond donors (Lipinski definition) is 4. The molecule has 35 heavy (non-hydrogen) atoms. The number of carbonyl (C=O) groups excluding carboxylic acids is 1. The molecule has 2 heterocycles. The first-order chi connectivity index (χ1) is 16.9. The van der Waals surface area contributed by atoms with Crippen LogP contribution in [0.15, 0.2) is 48.7 Å². The fourth-order valence-electron chi connectivity index (χ4n) is 4.05. The summed E-state index contributed by atoms with van der Waals surface area (Å²) >= 11 is 0. The maximum atomic E-state index is 15.1. The van der Waals surface area contributed by atoms with Gasteiger partial charge in [0.2, 0.25) is 0 Å². The summed E-state index contributed by atoms with van der Waals surface area (Å²) in [6.45, 7) is 5.91. The van der Waals surface area contributed by atoms with E-state index in [-0.39, 0.29) is 11.5 Å². The molecule has 0 spiro atoms. The number of halogens is 1. The summed E-state index contributed by atoms with van der Waals surface area (Å²) in [6.07, 6.45) is 2.12. The lowest BCUT2D eigenvalue weighted by atomic mass is 9.98. The van der Waals surface area contributed by atoms with Crippen molar-refractivity contribution in [2.45, 2.75) is 20.3 Å². The third kappa shape index (κ3) is 5.49. The van der Waals surface area contributed by atoms with E-state index in [4.69, 9.17) is 10.1 Å². The second-order valence-electron chi connectivity index (χ2n) is 8.64. The highest BCUT2D eigenvalue weighted by molar-refractivity contribution is 6.01. The lowest BCUT2D eigenvalue weighted by Crippen LogP contribution is -2.48. The quantitative estimate of drug-likeness (QED) is 0.339. The van der Waals surface area contributed by atoms with Crippen molar-refractivity contribution >= 4 is 17.3 Å². The summed E-state index contributed by atoms with van der Waals surface area (Å²) in [4.78, 5) is 17.1. The normalized spacial score (nSPS) is 13.1. The monoisotopic (exact) mass is 475 g/mol. The molecule has 182 valence electrons. The first-order valence-electron chi connectivity index (χ1n) is 11.7. The zero-order valence-electron chi connectivity index (χ0n) is 20.2. The van der Waals surface area contributed by atoms with Crippen molar-refractivity contribution in [2.24, 2.45) is 5.92 Å². The number of benzene rings is 2. The van der Waals surface area contributed by atoms with E-state index >= 15 is 4.39 Å². The highest BCUT2D eigenvalue weighted by Gasteiger charge is 2.22. The Bertz CT molecular complexity index is 1260. The molecule has 2 aromatic carbocycles. The van der Waals surface area contributed by atoms with Gasteiger partial charge in [0.15, 0.2) is 0 Å². The molecule has 4 N–H and O–H groups in total. The summed E-state index contributed by atoms with van der Waals surface area (Å²) in [5.41, 5.74) is 3.90. The second-order valence-corrected chi connectivity index (χ2v) is 8.64. The molecule has 1 aromatic heterocycles. The molecule has 0 unspecified atom stereocenters. The van der Waals surface area contributed by atoms with Crippen molar-refractivity contribution in [2.75, 3.05) is 32.0 Å². The van der Waals surface area contributed by atoms with E-state index in [0.29, 0.717) is 52.9 Å². The van der Waals surface area contributed by atoms with Gasteiger partial charge in [-0.05, 0) is 49.2 Å². The number of ether oxygens (including phenoxy) is 1. The molecule has 1 amide bonds. The number of rotatable bonds is 9. The number of nitrogens with one attached hydrogen (secondary N) is 4. The average Bonchev–Trinajstić information content (AvgIpc) is 2.82. The second kappa shape index (κ2) is 10.7. The Kier molecular flexibility index (Phi) is 7.41. The van der Waals surface area contributed by atoms with Gasteiger partial charge in [-0.25, -0.2) is 4.39 Å². The number of pyridine rings is 1. The van der Waals surface area contributed by atoms with E-state index in [0.717, 1.165) is 24.3 Å². The van der Waals surface area contributed by atoms with Crippen molar-refractivity contribution in [1.82, 2.24) is 15.6 Å². The zero-order chi connectivity index (χ0) is 24.9. The fraction of sp³-hybridized carbons (Fsp3) is 0.296. The molecule has 0 saturated carbocycles. The SMILES string of the molecule is CCc1cc(-c2cc(Oc3ccc(C(C)=N)c(NC)c3)ccn2)cc(F)c1C(=O)NCC1CNC1. The van der Waals surface area contributed by atoms with Crippen molar-refractivity contribution in [3.05, 3.63) is 71.2 Å². The van der Waals surface area contributed by atoms with Gasteiger partial charge in [0.1, 0.15) is 17.3 Å². The summed E-state index contributed by atoms with van der Waals surface area (Å²) in [6, 6.07) is 12.1. The molecule has 0 aliphatic carbocycles. The Morgan fingerprint density at radius 1 is 1.20 bits per heavy atom. The van der Waals surface area contributed by atoms with Crippen LogP contribution >= 0.6 is 0 Å². The van der Waals surface area contributed by atoms with Gasteiger partial charge in [-0.1, -0.05) is 6.92 Å². The number of carbonyl (C=O) groups is 1. The van der Waals surface area contributed by atoms with Crippen molar-refractivity contribution in [1.29, 1.82) is 5.41 Å². The number of hydrogen-bond acceptors (Lipinski definition) is 6. The van der Waals surface area contributed by atoms with E-state index < -0.39 is 5.82 Å². The Morgan fingerprint density at radius 3 is 2.63 bits per heavy atom. The Hall–Kier alpha value is -3.78. The third-order valence-corrected chi connectivity index (χ3v) is 6.12. The van der Waals surface area contributed by atoms with Crippen LogP contribution in [0.4, 0.5) is 10.1 Å². The molecule has 0 bridgehead atoms. The first kappa shape index (κ1) is 24.3. The van der Waals surface area contributed by atoms with E-state index in [9.17, 15) is 4.79 Å². The average molecular weight is 476 g/mol. The third-order valence-electron chi connectivity index (χ3n) is 6.12. The predicted octanol–water partition coefficient (Wildman–Crippen LogP) is 4.62. The van der Waals surface area contributed by atoms with Crippen LogP contribution in [0.25, 0.3) is 11.3 Å². The topological polar surface area (TPSA) is 99.1 Å². The molecule has 7 nitrogen and oxygen atoms in total. The Morgan fingerprint density at radius 2 is 1.97 bits per heavy atom. The molecule has 8 heteroatoms. The van der Waals surface area contributed by atoms with Gasteiger partial charge in [0.25, 0.3) is 5.91 Å². The van der Waals surface area contributed by atoms with Gasteiger partial charge in [0, 0.05) is 73.5 Å². The maximum absolute atomic E-state index is 15.1. The summed E-state index contributed by atoms with van der Waals surface area (Å²) in [5.74, 6) is 0.601. The number of aryl methyl sites for hydroxylation is 1. The van der Waals surface area contributed by atoms with Crippen LogP contribution in [0, 0.1) is 17.1 Å². The summed E-state index contributed by atoms with van der Waals surface area (Å²) < 4.78 is 21.2. The number of amides is 1. The van der Waals surface area contributed by atoms with Gasteiger partial charge >= 0.3 is 0 Å². The molecule has 4 rings (SSSR count). The van der Waals surface area contributed by atoms with Gasteiger partial charge in [-0.2, -0.15) is 0 Å². The Balaban J connectivity index is 1.57. The standard InChI is InChI=1S/C27H30FN5O2/c1-4-18-9-19(10-23(28)26(18)27(34)33-15-17-13-31-14-17)24-11-21(7-8-32-24)35-20-5-6-22(16(2)29)25(12-20)30-3/h5-12,17,29-31H,4,13-15H2,1-3H3,(H,33,34). The predicted molar refractivity (Wildman–Crippen MR) is 136 cm³/mol. The number of nitrogens with zero attached hydrogens (tertiary/aromatic N) is 1. The molecule has 0 radical (unpaired) electrons. The summed E-state index contributed by atoms with van der Waals surface area (Å²) in [5, 5.41) is 17.0. The van der Waals surface area contributed by atoms with Crippen LogP contribution in [0.2, 0.25) is 0 Å². The molecular weight excluding hydrogens is 445 g/mol. The lowest BCUT2D eigenvalue weighted by molar-refractivity contribution is 0.0937. The highest BCUT2D eigenvalue weighted by Crippen LogP contribution is 2.30. The fourth-order valence-corrected chi connectivity index (χ4v) is 4.05. The van der Waals surface area contributed by atoms with Crippen LogP contribution in [0.5, 0.6) is 11.5 Å². The first-order valence-corrected chi connectivity index (χ1v) is 11.7. The Labute approximate surface area is 204 Å². The molecule has 1 saturated heterocycles. The highest BCUT2D eigenvalue weighted by atomic mass is 19.1. The van der Waals surface area contributed by atoms with Crippen LogP contribution in [-0.4, -0.2) is 43.3 Å². The largest absolute Gasteiger partial charge is 0.457 e.